The van der Waals surface area contributed by atoms with Crippen molar-refractivity contribution in [1.82, 2.24) is 25.2 Å². The number of morpholine rings is 1. The number of halogens is 3. The summed E-state index contributed by atoms with van der Waals surface area (Å²) in [4.78, 5) is 17.9. The first-order valence-corrected chi connectivity index (χ1v) is 15.0. The van der Waals surface area contributed by atoms with Gasteiger partial charge in [0.15, 0.2) is 17.5 Å². The Morgan fingerprint density at radius 2 is 1.88 bits per heavy atom. The molecule has 0 unspecified atom stereocenters. The van der Waals surface area contributed by atoms with Crippen molar-refractivity contribution >= 4 is 43.1 Å². The number of nitrogen functional groups attached to an aromatic ring is 1. The normalized spacial score (nSPS) is 18.7. The Morgan fingerprint density at radius 1 is 1.12 bits per heavy atom. The fourth-order valence-electron chi connectivity index (χ4n) is 5.90. The van der Waals surface area contributed by atoms with E-state index < -0.39 is 17.5 Å². The van der Waals surface area contributed by atoms with E-state index in [2.05, 4.69) is 20.2 Å². The Hall–Kier alpha value is -3.77. The zero-order valence-electron chi connectivity index (χ0n) is 23.3. The number of pyridine rings is 1. The molecule has 10 nitrogen and oxygen atoms in total. The van der Waals surface area contributed by atoms with E-state index in [0.29, 0.717) is 44.1 Å². The van der Waals surface area contributed by atoms with Gasteiger partial charge in [0.2, 0.25) is 0 Å². The van der Waals surface area contributed by atoms with Crippen LogP contribution in [0.5, 0.6) is 6.01 Å². The molecule has 14 heteroatoms. The van der Waals surface area contributed by atoms with Gasteiger partial charge in [-0.25, -0.2) is 13.2 Å². The lowest BCUT2D eigenvalue weighted by Crippen LogP contribution is -2.44. The zero-order chi connectivity index (χ0) is 29.7. The van der Waals surface area contributed by atoms with Gasteiger partial charge in [-0.05, 0) is 18.9 Å². The van der Waals surface area contributed by atoms with E-state index in [1.54, 1.807) is 0 Å². The molecule has 4 aromatic rings. The number of nitrogens with zero attached hydrogens (tertiary/aromatic N) is 6. The standard InChI is InChI=1S/C29H29F3N8O2S/c30-19-11-16(20-17(12-33)26(34)43-25(20)21(19)31)23-22(32)24-18(13-36-23)27(40-5-3-35-4-6-40)38-28(37-24)42-15-29(1-2-29)14-39-7-9-41-10-8-39/h11,13,35H,1-10,14-15,34H2. The Labute approximate surface area is 249 Å². The number of piperazine rings is 1. The van der Waals surface area contributed by atoms with E-state index in [9.17, 15) is 14.0 Å². The molecule has 0 amide bonds. The number of thiophene rings is 1. The third kappa shape index (κ3) is 5.10. The molecule has 3 N–H and O–H groups in total. The number of benzene rings is 1. The van der Waals surface area contributed by atoms with Crippen LogP contribution in [0.25, 0.3) is 32.2 Å². The summed E-state index contributed by atoms with van der Waals surface area (Å²) in [6.07, 6.45) is 3.47. The van der Waals surface area contributed by atoms with Crippen LogP contribution in [0.4, 0.5) is 24.0 Å². The van der Waals surface area contributed by atoms with Crippen LogP contribution in [0.1, 0.15) is 18.4 Å². The SMILES string of the molecule is N#Cc1c(N)sc2c(F)c(F)cc(-c3ncc4c(N5CCNCC5)nc(OCC5(CN6CCOCC6)CC5)nc4c3F)c12. The minimum Gasteiger partial charge on any atom is -0.463 e. The van der Waals surface area contributed by atoms with Crippen molar-refractivity contribution in [2.75, 3.05) is 76.3 Å². The minimum atomic E-state index is -1.20. The summed E-state index contributed by atoms with van der Waals surface area (Å²) in [6.45, 7) is 7.18. The van der Waals surface area contributed by atoms with Gasteiger partial charge in [-0.3, -0.25) is 9.88 Å². The number of ether oxygens (including phenoxy) is 2. The molecule has 224 valence electrons. The van der Waals surface area contributed by atoms with Gasteiger partial charge in [-0.15, -0.1) is 11.3 Å². The lowest BCUT2D eigenvalue weighted by atomic mass is 10.0. The maximum absolute atomic E-state index is 16.5. The fourth-order valence-corrected chi connectivity index (χ4v) is 6.87. The van der Waals surface area contributed by atoms with E-state index in [0.717, 1.165) is 63.0 Å². The number of rotatable bonds is 7. The Kier molecular flexibility index (Phi) is 7.21. The Bertz CT molecular complexity index is 1760. The lowest BCUT2D eigenvalue weighted by Gasteiger charge is -2.31. The van der Waals surface area contributed by atoms with Gasteiger partial charge < -0.3 is 25.4 Å². The van der Waals surface area contributed by atoms with Crippen LogP contribution in [-0.4, -0.2) is 85.5 Å². The number of nitriles is 1. The highest BCUT2D eigenvalue weighted by Crippen LogP contribution is 2.47. The van der Waals surface area contributed by atoms with Gasteiger partial charge >= 0.3 is 6.01 Å². The Balaban J connectivity index is 1.31. The van der Waals surface area contributed by atoms with Gasteiger partial charge in [0.25, 0.3) is 0 Å². The molecule has 1 aromatic carbocycles. The van der Waals surface area contributed by atoms with E-state index in [4.69, 9.17) is 20.2 Å². The van der Waals surface area contributed by atoms with Gasteiger partial charge in [0.1, 0.15) is 28.1 Å². The third-order valence-corrected chi connectivity index (χ3v) is 9.45. The van der Waals surface area contributed by atoms with Gasteiger partial charge in [-0.2, -0.15) is 15.2 Å². The highest BCUT2D eigenvalue weighted by molar-refractivity contribution is 7.23. The van der Waals surface area contributed by atoms with Crippen molar-refractivity contribution in [1.29, 1.82) is 5.26 Å². The highest BCUT2D eigenvalue weighted by Gasteiger charge is 2.45. The summed E-state index contributed by atoms with van der Waals surface area (Å²) in [5.74, 6) is -2.71. The molecule has 0 atom stereocenters. The maximum Gasteiger partial charge on any atom is 0.319 e. The van der Waals surface area contributed by atoms with Crippen molar-refractivity contribution in [3.63, 3.8) is 0 Å². The first-order valence-electron chi connectivity index (χ1n) is 14.2. The fraction of sp³-hybridized carbons (Fsp3) is 0.448. The molecule has 43 heavy (non-hydrogen) atoms. The molecule has 2 aliphatic heterocycles. The smallest absolute Gasteiger partial charge is 0.319 e. The third-order valence-electron chi connectivity index (χ3n) is 8.44. The van der Waals surface area contributed by atoms with Crippen LogP contribution in [0, 0.1) is 34.2 Å². The molecule has 3 fully saturated rings. The molecule has 0 spiro atoms. The second-order valence-electron chi connectivity index (χ2n) is 11.3. The predicted molar refractivity (Wildman–Crippen MR) is 157 cm³/mol. The summed E-state index contributed by atoms with van der Waals surface area (Å²) in [7, 11) is 0. The molecule has 3 aromatic heterocycles. The summed E-state index contributed by atoms with van der Waals surface area (Å²) in [5.41, 5.74) is 5.47. The topological polar surface area (TPSA) is 125 Å². The molecule has 0 radical (unpaired) electrons. The molecule has 1 saturated carbocycles. The van der Waals surface area contributed by atoms with Crippen LogP contribution in [0.15, 0.2) is 12.3 Å². The van der Waals surface area contributed by atoms with Gasteiger partial charge in [-0.1, -0.05) is 0 Å². The zero-order valence-corrected chi connectivity index (χ0v) is 24.1. The van der Waals surface area contributed by atoms with E-state index in [-0.39, 0.29) is 48.9 Å². The average molecular weight is 611 g/mol. The first-order chi connectivity index (χ1) is 20.9. The molecular weight excluding hydrogens is 581 g/mol. The molecule has 2 saturated heterocycles. The maximum atomic E-state index is 16.5. The van der Waals surface area contributed by atoms with Crippen LogP contribution < -0.4 is 20.7 Å². The van der Waals surface area contributed by atoms with Crippen molar-refractivity contribution in [3.05, 3.63) is 35.3 Å². The molecular formula is C29H29F3N8O2S. The van der Waals surface area contributed by atoms with Gasteiger partial charge in [0.05, 0.1) is 35.5 Å². The molecule has 0 bridgehead atoms. The van der Waals surface area contributed by atoms with Gasteiger partial charge in [0, 0.05) is 68.4 Å². The number of nitrogens with two attached hydrogens (primary N) is 1. The number of hydrogen-bond acceptors (Lipinski definition) is 11. The van der Waals surface area contributed by atoms with E-state index in [1.165, 1.54) is 6.20 Å². The molecule has 3 aliphatic rings. The average Bonchev–Trinajstić information content (AvgIpc) is 3.71. The van der Waals surface area contributed by atoms with Crippen molar-refractivity contribution in [2.24, 2.45) is 5.41 Å². The summed E-state index contributed by atoms with van der Waals surface area (Å²) < 4.78 is 57.4. The predicted octanol–water partition coefficient (Wildman–Crippen LogP) is 3.68. The Morgan fingerprint density at radius 3 is 2.60 bits per heavy atom. The number of aromatic nitrogens is 3. The summed E-state index contributed by atoms with van der Waals surface area (Å²) in [6, 6.07) is 2.82. The highest BCUT2D eigenvalue weighted by atomic mass is 32.1. The minimum absolute atomic E-state index is 0.00883. The number of anilines is 2. The second-order valence-corrected chi connectivity index (χ2v) is 12.4. The van der Waals surface area contributed by atoms with Crippen molar-refractivity contribution in [3.8, 4) is 23.3 Å². The van der Waals surface area contributed by atoms with Crippen LogP contribution in [0.3, 0.4) is 0 Å². The molecule has 5 heterocycles. The summed E-state index contributed by atoms with van der Waals surface area (Å²) >= 11 is 0.735. The number of fused-ring (bicyclic) bond motifs is 2. The van der Waals surface area contributed by atoms with E-state index in [1.807, 2.05) is 11.0 Å². The van der Waals surface area contributed by atoms with Crippen molar-refractivity contribution in [2.45, 2.75) is 12.8 Å². The quantitative estimate of drug-likeness (QED) is 0.320. The van der Waals surface area contributed by atoms with E-state index >= 15 is 4.39 Å². The lowest BCUT2D eigenvalue weighted by molar-refractivity contribution is 0.0231. The van der Waals surface area contributed by atoms with Crippen LogP contribution in [-0.2, 0) is 4.74 Å². The number of nitrogens with one attached hydrogen (secondary N) is 1. The van der Waals surface area contributed by atoms with Crippen LogP contribution in [0.2, 0.25) is 0 Å². The number of hydrogen-bond donors (Lipinski definition) is 2. The molecule has 1 aliphatic carbocycles. The monoisotopic (exact) mass is 610 g/mol. The first kappa shape index (κ1) is 28.0. The largest absolute Gasteiger partial charge is 0.463 e. The molecule has 7 rings (SSSR count). The van der Waals surface area contributed by atoms with Crippen molar-refractivity contribution < 1.29 is 22.6 Å². The van der Waals surface area contributed by atoms with Crippen LogP contribution >= 0.6 is 11.3 Å². The summed E-state index contributed by atoms with van der Waals surface area (Å²) in [5, 5.41) is 13.4. The second kappa shape index (κ2) is 11.1.